The van der Waals surface area contributed by atoms with E-state index in [1.807, 2.05) is 0 Å². The second-order valence-corrected chi connectivity index (χ2v) is 6.65. The molecule has 0 saturated heterocycles. The Morgan fingerprint density at radius 3 is 2.43 bits per heavy atom. The number of nitrogens with one attached hydrogen (secondary N) is 1. The minimum Gasteiger partial charge on any atom is -0.434 e. The number of benzene rings is 2. The molecule has 0 radical (unpaired) electrons. The minimum atomic E-state index is -0.668. The van der Waals surface area contributed by atoms with Gasteiger partial charge in [-0.3, -0.25) is 10.1 Å². The maximum absolute atomic E-state index is 13.3. The van der Waals surface area contributed by atoms with Gasteiger partial charge in [0.15, 0.2) is 0 Å². The molecule has 10 heteroatoms. The summed E-state index contributed by atoms with van der Waals surface area (Å²) < 4.78 is 19.0. The van der Waals surface area contributed by atoms with E-state index in [4.69, 9.17) is 27.9 Å². The molecule has 0 atom stereocenters. The van der Waals surface area contributed by atoms with Crippen LogP contribution < -0.4 is 10.1 Å². The van der Waals surface area contributed by atoms with E-state index < -0.39 is 16.4 Å². The van der Waals surface area contributed by atoms with E-state index in [1.165, 1.54) is 12.1 Å². The molecule has 3 rings (SSSR count). The van der Waals surface area contributed by atoms with E-state index in [1.54, 1.807) is 26.0 Å². The Hall–Kier alpha value is -2.97. The van der Waals surface area contributed by atoms with Crippen molar-refractivity contribution in [2.45, 2.75) is 13.8 Å². The molecule has 0 aliphatic rings. The maximum Gasteiger partial charge on any atom is 0.373 e. The molecule has 0 spiro atoms. The first kappa shape index (κ1) is 19.8. The summed E-state index contributed by atoms with van der Waals surface area (Å²) in [7, 11) is 0. The molecular weight excluding hydrogens is 410 g/mol. The highest BCUT2D eigenvalue weighted by Gasteiger charge is 2.25. The van der Waals surface area contributed by atoms with E-state index in [9.17, 15) is 14.5 Å². The van der Waals surface area contributed by atoms with E-state index in [2.05, 4.69) is 15.3 Å². The van der Waals surface area contributed by atoms with Gasteiger partial charge in [-0.1, -0.05) is 23.2 Å². The molecule has 3 aromatic rings. The van der Waals surface area contributed by atoms with E-state index in [0.717, 1.165) is 23.5 Å². The van der Waals surface area contributed by atoms with Gasteiger partial charge in [0, 0.05) is 10.7 Å². The Morgan fingerprint density at radius 1 is 1.14 bits per heavy atom. The van der Waals surface area contributed by atoms with Crippen molar-refractivity contribution >= 4 is 40.4 Å². The summed E-state index contributed by atoms with van der Waals surface area (Å²) in [5, 5.41) is 14.8. The zero-order valence-corrected chi connectivity index (χ0v) is 16.2. The highest BCUT2D eigenvalue weighted by Crippen LogP contribution is 2.37. The quantitative estimate of drug-likeness (QED) is 0.401. The first-order valence-electron chi connectivity index (χ1n) is 7.92. The van der Waals surface area contributed by atoms with Crippen LogP contribution in [0.5, 0.6) is 11.6 Å². The minimum absolute atomic E-state index is 0.125. The topological polar surface area (TPSA) is 90.2 Å². The lowest BCUT2D eigenvalue weighted by Crippen LogP contribution is -2.04. The second kappa shape index (κ2) is 7.95. The predicted octanol–water partition coefficient (Wildman–Crippen LogP) is 5.98. The number of aromatic nitrogens is 2. The summed E-state index contributed by atoms with van der Waals surface area (Å²) in [5.41, 5.74) is 1.35. The molecule has 2 aromatic carbocycles. The first-order valence-corrected chi connectivity index (χ1v) is 8.68. The first-order chi connectivity index (χ1) is 13.3. The molecule has 0 bridgehead atoms. The molecule has 0 aliphatic carbocycles. The fourth-order valence-corrected chi connectivity index (χ4v) is 2.77. The van der Waals surface area contributed by atoms with Crippen molar-refractivity contribution in [3.05, 3.63) is 73.8 Å². The molecule has 0 aliphatic heterocycles. The van der Waals surface area contributed by atoms with Gasteiger partial charge in [0.2, 0.25) is 5.82 Å². The molecule has 0 saturated carbocycles. The highest BCUT2D eigenvalue weighted by atomic mass is 35.5. The van der Waals surface area contributed by atoms with Gasteiger partial charge in [-0.05, 0) is 55.3 Å². The van der Waals surface area contributed by atoms with Crippen LogP contribution in [0.2, 0.25) is 10.0 Å². The van der Waals surface area contributed by atoms with Crippen LogP contribution in [0.3, 0.4) is 0 Å². The molecule has 1 aromatic heterocycles. The smallest absolute Gasteiger partial charge is 0.373 e. The van der Waals surface area contributed by atoms with Crippen LogP contribution in [-0.4, -0.2) is 14.9 Å². The molecule has 0 unspecified atom stereocenters. The van der Waals surface area contributed by atoms with Crippen LogP contribution in [-0.2, 0) is 0 Å². The fraction of sp³-hybridized carbons (Fsp3) is 0.111. The van der Waals surface area contributed by atoms with Gasteiger partial charge >= 0.3 is 11.6 Å². The molecule has 28 heavy (non-hydrogen) atoms. The average Bonchev–Trinajstić information content (AvgIpc) is 2.62. The van der Waals surface area contributed by atoms with Crippen LogP contribution in [0, 0.1) is 29.8 Å². The summed E-state index contributed by atoms with van der Waals surface area (Å²) in [4.78, 5) is 18.7. The Balaban J connectivity index is 2.00. The fourth-order valence-electron chi connectivity index (χ4n) is 2.48. The highest BCUT2D eigenvalue weighted by molar-refractivity contribution is 6.32. The SMILES string of the molecule is Cc1cc(Oc2ncnc(Nc3ccc(F)c(Cl)c3)c2[N+](=O)[O-])cc(C)c1Cl. The molecule has 0 amide bonds. The van der Waals surface area contributed by atoms with Crippen LogP contribution in [0.1, 0.15) is 11.1 Å². The summed E-state index contributed by atoms with van der Waals surface area (Å²) in [6.07, 6.45) is 1.12. The van der Waals surface area contributed by atoms with Gasteiger partial charge in [0.05, 0.1) is 9.95 Å². The largest absolute Gasteiger partial charge is 0.434 e. The number of hydrogen-bond donors (Lipinski definition) is 1. The van der Waals surface area contributed by atoms with Gasteiger partial charge in [0.1, 0.15) is 17.9 Å². The zero-order chi connectivity index (χ0) is 20.4. The number of nitro groups is 1. The number of aryl methyl sites for hydroxylation is 2. The van der Waals surface area contributed by atoms with Crippen molar-refractivity contribution in [3.8, 4) is 11.6 Å². The summed E-state index contributed by atoms with van der Waals surface area (Å²) in [5.74, 6) is -0.643. The van der Waals surface area contributed by atoms with Crippen LogP contribution in [0.15, 0.2) is 36.7 Å². The molecule has 1 N–H and O–H groups in total. The average molecular weight is 423 g/mol. The van der Waals surface area contributed by atoms with Gasteiger partial charge in [-0.2, -0.15) is 4.98 Å². The molecule has 144 valence electrons. The monoisotopic (exact) mass is 422 g/mol. The lowest BCUT2D eigenvalue weighted by Gasteiger charge is -2.11. The van der Waals surface area contributed by atoms with Gasteiger partial charge < -0.3 is 10.1 Å². The van der Waals surface area contributed by atoms with Crippen molar-refractivity contribution in [1.29, 1.82) is 0 Å². The molecule has 7 nitrogen and oxygen atoms in total. The zero-order valence-electron chi connectivity index (χ0n) is 14.7. The third-order valence-corrected chi connectivity index (χ3v) is 4.66. The van der Waals surface area contributed by atoms with Gasteiger partial charge in [-0.15, -0.1) is 0 Å². The second-order valence-electron chi connectivity index (χ2n) is 5.86. The van der Waals surface area contributed by atoms with Gasteiger partial charge in [0.25, 0.3) is 0 Å². The maximum atomic E-state index is 13.3. The number of ether oxygens (including phenoxy) is 1. The Morgan fingerprint density at radius 2 is 1.82 bits per heavy atom. The van der Waals surface area contributed by atoms with E-state index >= 15 is 0 Å². The van der Waals surface area contributed by atoms with Crippen molar-refractivity contribution in [2.75, 3.05) is 5.32 Å². The van der Waals surface area contributed by atoms with Crippen LogP contribution in [0.25, 0.3) is 0 Å². The standard InChI is InChI=1S/C18H13Cl2FN4O3/c1-9-5-12(6-10(2)15(9)20)28-18-16(25(26)27)17(22-8-23-18)24-11-3-4-14(21)13(19)7-11/h3-8H,1-2H3,(H,22,23,24). The molecule has 0 fully saturated rings. The molecule has 1 heterocycles. The Kier molecular flexibility index (Phi) is 5.62. The number of nitrogens with zero attached hydrogens (tertiary/aromatic N) is 3. The van der Waals surface area contributed by atoms with E-state index in [-0.39, 0.29) is 16.7 Å². The predicted molar refractivity (Wildman–Crippen MR) is 104 cm³/mol. The Bertz CT molecular complexity index is 1060. The Labute approximate surface area is 169 Å². The van der Waals surface area contributed by atoms with Crippen molar-refractivity contribution in [3.63, 3.8) is 0 Å². The third kappa shape index (κ3) is 4.13. The lowest BCUT2D eigenvalue weighted by atomic mass is 10.1. The van der Waals surface area contributed by atoms with Crippen LogP contribution in [0.4, 0.5) is 21.6 Å². The summed E-state index contributed by atoms with van der Waals surface area (Å²) in [6, 6.07) is 7.09. The molecular formula is C18H13Cl2FN4O3. The number of anilines is 2. The summed E-state index contributed by atoms with van der Waals surface area (Å²) >= 11 is 11.9. The summed E-state index contributed by atoms with van der Waals surface area (Å²) in [6.45, 7) is 3.59. The van der Waals surface area contributed by atoms with E-state index in [0.29, 0.717) is 16.5 Å². The number of hydrogen-bond acceptors (Lipinski definition) is 6. The third-order valence-electron chi connectivity index (χ3n) is 3.78. The van der Waals surface area contributed by atoms with Crippen LogP contribution >= 0.6 is 23.2 Å². The van der Waals surface area contributed by atoms with Crippen molar-refractivity contribution in [1.82, 2.24) is 9.97 Å². The number of halogens is 3. The number of rotatable bonds is 5. The lowest BCUT2D eigenvalue weighted by molar-refractivity contribution is -0.385. The van der Waals surface area contributed by atoms with Crippen molar-refractivity contribution < 1.29 is 14.1 Å². The van der Waals surface area contributed by atoms with Crippen molar-refractivity contribution in [2.24, 2.45) is 0 Å². The van der Waals surface area contributed by atoms with Gasteiger partial charge in [-0.25, -0.2) is 9.37 Å². The normalized spacial score (nSPS) is 10.6.